The molecule has 0 radical (unpaired) electrons. The summed E-state index contributed by atoms with van der Waals surface area (Å²) in [6, 6.07) is 5.96. The number of guanidine groups is 1. The van der Waals surface area contributed by atoms with Gasteiger partial charge in [-0.05, 0) is 40.7 Å². The van der Waals surface area contributed by atoms with Crippen LogP contribution in [0.2, 0.25) is 0 Å². The minimum Gasteiger partial charge on any atom is -0.496 e. The van der Waals surface area contributed by atoms with E-state index in [-0.39, 0.29) is 11.8 Å². The first-order valence-corrected chi connectivity index (χ1v) is 10.0. The summed E-state index contributed by atoms with van der Waals surface area (Å²) in [5.41, 5.74) is 2.16. The zero-order valence-electron chi connectivity index (χ0n) is 16.3. The Bertz CT molecular complexity index is 707. The lowest BCUT2D eigenvalue weighted by Gasteiger charge is -2.22. The zero-order chi connectivity index (χ0) is 19.3. The first-order chi connectivity index (χ1) is 11.5. The smallest absolute Gasteiger partial charge is 0.191 e. The third kappa shape index (κ3) is 5.92. The Hall–Kier alpha value is -1.76. The van der Waals surface area contributed by atoms with Gasteiger partial charge >= 0.3 is 0 Å². The molecule has 7 heteroatoms. The highest BCUT2D eigenvalue weighted by Gasteiger charge is 2.28. The Morgan fingerprint density at radius 2 is 1.96 bits per heavy atom. The minimum atomic E-state index is -3.16. The van der Waals surface area contributed by atoms with Crippen LogP contribution >= 0.6 is 0 Å². The molecule has 1 aromatic carbocycles. The number of hydrogen-bond donors (Lipinski definition) is 2. The number of methoxy groups -OCH3 is 1. The molecule has 0 amide bonds. The molecular formula is C18H31N3O3S. The predicted octanol–water partition coefficient (Wildman–Crippen LogP) is 2.44. The quantitative estimate of drug-likeness (QED) is 0.595. The number of rotatable bonds is 6. The largest absolute Gasteiger partial charge is 0.496 e. The number of hydrogen-bond acceptors (Lipinski definition) is 4. The van der Waals surface area contributed by atoms with E-state index in [9.17, 15) is 8.42 Å². The molecule has 0 heterocycles. The Morgan fingerprint density at radius 1 is 1.32 bits per heavy atom. The Labute approximate surface area is 152 Å². The van der Waals surface area contributed by atoms with Crippen molar-refractivity contribution >= 4 is 15.8 Å². The van der Waals surface area contributed by atoms with E-state index >= 15 is 0 Å². The lowest BCUT2D eigenvalue weighted by Crippen LogP contribution is -2.42. The first-order valence-electron chi connectivity index (χ1n) is 8.36. The van der Waals surface area contributed by atoms with Gasteiger partial charge in [-0.25, -0.2) is 8.42 Å². The number of nitrogens with one attached hydrogen (secondary N) is 2. The van der Waals surface area contributed by atoms with Crippen LogP contribution in [0.15, 0.2) is 23.2 Å². The summed E-state index contributed by atoms with van der Waals surface area (Å²) in [5, 5.41) is 6.34. The van der Waals surface area contributed by atoms with Gasteiger partial charge in [0, 0.05) is 19.2 Å². The molecule has 142 valence electrons. The van der Waals surface area contributed by atoms with Crippen molar-refractivity contribution in [2.45, 2.75) is 45.4 Å². The van der Waals surface area contributed by atoms with Gasteiger partial charge in [0.05, 0.1) is 23.7 Å². The summed E-state index contributed by atoms with van der Waals surface area (Å²) < 4.78 is 29.0. The number of aryl methyl sites for hydroxylation is 1. The monoisotopic (exact) mass is 369 g/mol. The van der Waals surface area contributed by atoms with E-state index in [1.807, 2.05) is 26.0 Å². The number of aliphatic imine (C=N–C) groups is 1. The highest BCUT2D eigenvalue weighted by Crippen LogP contribution is 2.25. The van der Waals surface area contributed by atoms with Gasteiger partial charge in [-0.3, -0.25) is 4.99 Å². The summed E-state index contributed by atoms with van der Waals surface area (Å²) in [6.07, 6.45) is 0. The normalized spacial score (nSPS) is 14.1. The van der Waals surface area contributed by atoms with Gasteiger partial charge in [0.1, 0.15) is 5.75 Å². The molecule has 0 aliphatic heterocycles. The minimum absolute atomic E-state index is 0.0414. The van der Waals surface area contributed by atoms with Crippen molar-refractivity contribution < 1.29 is 13.2 Å². The van der Waals surface area contributed by atoms with Gasteiger partial charge in [-0.2, -0.15) is 0 Å². The zero-order valence-corrected chi connectivity index (χ0v) is 17.1. The molecule has 1 atom stereocenters. The number of sulfone groups is 1. The highest BCUT2D eigenvalue weighted by atomic mass is 32.2. The van der Waals surface area contributed by atoms with Crippen molar-refractivity contribution in [1.82, 2.24) is 10.6 Å². The van der Waals surface area contributed by atoms with Crippen LogP contribution in [-0.4, -0.2) is 45.6 Å². The fourth-order valence-corrected chi connectivity index (χ4v) is 3.26. The average Bonchev–Trinajstić information content (AvgIpc) is 2.52. The van der Waals surface area contributed by atoms with Crippen LogP contribution in [0.1, 0.15) is 44.9 Å². The van der Waals surface area contributed by atoms with Gasteiger partial charge in [0.15, 0.2) is 15.8 Å². The second kappa shape index (κ2) is 8.56. The summed E-state index contributed by atoms with van der Waals surface area (Å²) >= 11 is 0. The van der Waals surface area contributed by atoms with Gasteiger partial charge in [0.25, 0.3) is 0 Å². The predicted molar refractivity (Wildman–Crippen MR) is 104 cm³/mol. The molecule has 0 spiro atoms. The van der Waals surface area contributed by atoms with Gasteiger partial charge in [-0.1, -0.05) is 17.7 Å². The van der Waals surface area contributed by atoms with E-state index in [0.717, 1.165) is 16.9 Å². The van der Waals surface area contributed by atoms with E-state index in [4.69, 9.17) is 4.74 Å². The molecule has 0 aromatic heterocycles. The molecule has 0 saturated carbocycles. The standard InChI is InChI=1S/C18H31N3O3S/c1-13-8-9-16(24-7)15(12-13)14(2)21-17(19-6)20-10-11-25(22,23)18(3,4)5/h8-9,12,14H,10-11H2,1-7H3,(H2,19,20,21). The Kier molecular flexibility index (Phi) is 7.29. The van der Waals surface area contributed by atoms with Gasteiger partial charge in [-0.15, -0.1) is 0 Å². The van der Waals surface area contributed by atoms with Crippen LogP contribution in [0.4, 0.5) is 0 Å². The molecule has 0 aliphatic rings. The average molecular weight is 370 g/mol. The van der Waals surface area contributed by atoms with Gasteiger partial charge < -0.3 is 15.4 Å². The van der Waals surface area contributed by atoms with Crippen LogP contribution in [0.3, 0.4) is 0 Å². The van der Waals surface area contributed by atoms with Crippen LogP contribution < -0.4 is 15.4 Å². The molecule has 1 unspecified atom stereocenters. The van der Waals surface area contributed by atoms with Gasteiger partial charge in [0.2, 0.25) is 0 Å². The van der Waals surface area contributed by atoms with E-state index in [1.54, 1.807) is 34.9 Å². The number of ether oxygens (including phenoxy) is 1. The summed E-state index contributed by atoms with van der Waals surface area (Å²) in [4.78, 5) is 4.17. The SMILES string of the molecule is CN=C(NCCS(=O)(=O)C(C)(C)C)NC(C)c1cc(C)ccc1OC. The van der Waals surface area contributed by atoms with Crippen LogP contribution in [0.5, 0.6) is 5.75 Å². The summed E-state index contributed by atoms with van der Waals surface area (Å²) in [6.45, 7) is 9.47. The van der Waals surface area contributed by atoms with Crippen molar-refractivity contribution in [3.05, 3.63) is 29.3 Å². The first kappa shape index (κ1) is 21.3. The van der Waals surface area contributed by atoms with E-state index in [0.29, 0.717) is 12.5 Å². The van der Waals surface area contributed by atoms with Crippen LogP contribution in [0.25, 0.3) is 0 Å². The van der Waals surface area contributed by atoms with Crippen molar-refractivity contribution in [1.29, 1.82) is 0 Å². The van der Waals surface area contributed by atoms with E-state index < -0.39 is 14.6 Å². The maximum absolute atomic E-state index is 12.2. The Morgan fingerprint density at radius 3 is 2.48 bits per heavy atom. The molecule has 6 nitrogen and oxygen atoms in total. The third-order valence-corrected chi connectivity index (χ3v) is 6.63. The lowest BCUT2D eigenvalue weighted by molar-refractivity contribution is 0.405. The molecule has 0 saturated heterocycles. The molecular weight excluding hydrogens is 338 g/mol. The Balaban J connectivity index is 2.73. The lowest BCUT2D eigenvalue weighted by atomic mass is 10.0. The molecule has 1 rings (SSSR count). The molecule has 0 fully saturated rings. The van der Waals surface area contributed by atoms with Crippen molar-refractivity contribution in [3.63, 3.8) is 0 Å². The van der Waals surface area contributed by atoms with Crippen molar-refractivity contribution in [2.24, 2.45) is 4.99 Å². The highest BCUT2D eigenvalue weighted by molar-refractivity contribution is 7.92. The molecule has 0 aliphatic carbocycles. The van der Waals surface area contributed by atoms with Crippen molar-refractivity contribution in [3.8, 4) is 5.75 Å². The molecule has 1 aromatic rings. The fourth-order valence-electron chi connectivity index (χ4n) is 2.28. The second-order valence-corrected chi connectivity index (χ2v) is 9.90. The fraction of sp³-hybridized carbons (Fsp3) is 0.611. The van der Waals surface area contributed by atoms with E-state index in [2.05, 4.69) is 21.7 Å². The second-order valence-electron chi connectivity index (χ2n) is 7.04. The maximum atomic E-state index is 12.2. The topological polar surface area (TPSA) is 79.8 Å². The van der Waals surface area contributed by atoms with E-state index in [1.165, 1.54) is 0 Å². The molecule has 0 bridgehead atoms. The third-order valence-electron chi connectivity index (χ3n) is 4.02. The maximum Gasteiger partial charge on any atom is 0.191 e. The molecule has 2 N–H and O–H groups in total. The van der Waals surface area contributed by atoms with Crippen molar-refractivity contribution in [2.75, 3.05) is 26.5 Å². The summed E-state index contributed by atoms with van der Waals surface area (Å²) in [7, 11) is 0.141. The van der Waals surface area contributed by atoms with Crippen LogP contribution in [0, 0.1) is 6.92 Å². The number of benzene rings is 1. The number of nitrogens with zero attached hydrogens (tertiary/aromatic N) is 1. The van der Waals surface area contributed by atoms with Crippen LogP contribution in [-0.2, 0) is 9.84 Å². The summed E-state index contributed by atoms with van der Waals surface area (Å²) in [5.74, 6) is 1.41. The molecule has 25 heavy (non-hydrogen) atoms.